The highest BCUT2D eigenvalue weighted by molar-refractivity contribution is 5.94. The first-order valence-corrected chi connectivity index (χ1v) is 11.2. The molecule has 1 N–H and O–H groups in total. The Morgan fingerprint density at radius 1 is 1.00 bits per heavy atom. The fraction of sp³-hybridized carbons (Fsp3) is 0.259. The minimum Gasteiger partial charge on any atom is -0.497 e. The first-order valence-electron chi connectivity index (χ1n) is 11.2. The molecule has 0 fully saturated rings. The van der Waals surface area contributed by atoms with E-state index in [1.54, 1.807) is 54.5 Å². The van der Waals surface area contributed by atoms with Gasteiger partial charge in [0.15, 0.2) is 6.61 Å². The van der Waals surface area contributed by atoms with Crippen LogP contribution in [0.15, 0.2) is 66.7 Å². The Hall–Kier alpha value is -4.00. The quantitative estimate of drug-likeness (QED) is 0.581. The maximum atomic E-state index is 12.8. The van der Waals surface area contributed by atoms with Crippen LogP contribution >= 0.6 is 0 Å². The van der Waals surface area contributed by atoms with Crippen LogP contribution in [0.5, 0.6) is 17.2 Å². The third-order valence-corrected chi connectivity index (χ3v) is 5.65. The molecule has 0 aliphatic carbocycles. The first kappa shape index (κ1) is 23.2. The zero-order valence-corrected chi connectivity index (χ0v) is 19.4. The van der Waals surface area contributed by atoms with Crippen LogP contribution in [0.25, 0.3) is 0 Å². The van der Waals surface area contributed by atoms with Crippen molar-refractivity contribution in [1.29, 1.82) is 0 Å². The van der Waals surface area contributed by atoms with E-state index in [0.29, 0.717) is 43.3 Å². The molecular weight excluding hydrogens is 432 g/mol. The molecule has 34 heavy (non-hydrogen) atoms. The fourth-order valence-corrected chi connectivity index (χ4v) is 3.65. The number of rotatable bonds is 7. The summed E-state index contributed by atoms with van der Waals surface area (Å²) in [5.74, 6) is 1.67. The second-order valence-electron chi connectivity index (χ2n) is 8.12. The summed E-state index contributed by atoms with van der Waals surface area (Å²) in [6.45, 7) is 3.55. The van der Waals surface area contributed by atoms with Gasteiger partial charge in [0.25, 0.3) is 11.8 Å². The molecule has 3 aromatic rings. The summed E-state index contributed by atoms with van der Waals surface area (Å²) in [7, 11) is 1.59. The second-order valence-corrected chi connectivity index (χ2v) is 8.12. The molecule has 0 saturated carbocycles. The molecule has 1 heterocycles. The maximum Gasteiger partial charge on any atom is 0.260 e. The van der Waals surface area contributed by atoms with Crippen LogP contribution < -0.4 is 19.5 Å². The lowest BCUT2D eigenvalue weighted by atomic mass is 10.1. The van der Waals surface area contributed by atoms with Gasteiger partial charge in [0.1, 0.15) is 23.9 Å². The molecule has 1 aliphatic heterocycles. The molecule has 7 heteroatoms. The molecule has 176 valence electrons. The number of fused-ring (bicyclic) bond motifs is 1. The predicted molar refractivity (Wildman–Crippen MR) is 128 cm³/mol. The van der Waals surface area contributed by atoms with Crippen LogP contribution in [0.1, 0.15) is 27.0 Å². The highest BCUT2D eigenvalue weighted by atomic mass is 16.5. The van der Waals surface area contributed by atoms with Gasteiger partial charge in [-0.15, -0.1) is 0 Å². The normalized spacial score (nSPS) is 12.7. The SMILES string of the molecule is COc1ccc(OCC(=O)N2CCOc3ccc(C(=O)NCc4ccc(C)cc4)cc3C2)cc1. The maximum absolute atomic E-state index is 12.8. The van der Waals surface area contributed by atoms with Gasteiger partial charge in [-0.25, -0.2) is 0 Å². The van der Waals surface area contributed by atoms with E-state index in [1.807, 2.05) is 31.2 Å². The third kappa shape index (κ3) is 5.86. The van der Waals surface area contributed by atoms with E-state index in [4.69, 9.17) is 14.2 Å². The summed E-state index contributed by atoms with van der Waals surface area (Å²) in [6, 6.07) is 20.4. The number of aryl methyl sites for hydroxylation is 1. The number of benzene rings is 3. The standard InChI is InChI=1S/C27H28N2O5/c1-19-3-5-20(6-4-19)16-28-27(31)21-7-12-25-22(15-21)17-29(13-14-33-25)26(30)18-34-24-10-8-23(32-2)9-11-24/h3-12,15H,13-14,16-18H2,1-2H3,(H,28,31). The number of ether oxygens (including phenoxy) is 3. The molecule has 7 nitrogen and oxygen atoms in total. The van der Waals surface area contributed by atoms with Crippen molar-refractivity contribution in [2.75, 3.05) is 26.9 Å². The van der Waals surface area contributed by atoms with Gasteiger partial charge < -0.3 is 24.4 Å². The number of carbonyl (C=O) groups is 2. The minimum atomic E-state index is -0.173. The van der Waals surface area contributed by atoms with Gasteiger partial charge in [-0.2, -0.15) is 0 Å². The average Bonchev–Trinajstić information content (AvgIpc) is 3.09. The molecule has 0 radical (unpaired) electrons. The number of hydrogen-bond donors (Lipinski definition) is 1. The monoisotopic (exact) mass is 460 g/mol. The third-order valence-electron chi connectivity index (χ3n) is 5.65. The lowest BCUT2D eigenvalue weighted by Gasteiger charge is -2.20. The summed E-state index contributed by atoms with van der Waals surface area (Å²) in [5.41, 5.74) is 3.52. The summed E-state index contributed by atoms with van der Waals surface area (Å²) < 4.78 is 16.6. The second kappa shape index (κ2) is 10.7. The highest BCUT2D eigenvalue weighted by Crippen LogP contribution is 2.25. The number of carbonyl (C=O) groups excluding carboxylic acids is 2. The predicted octanol–water partition coefficient (Wildman–Crippen LogP) is 3.73. The van der Waals surface area contributed by atoms with E-state index in [9.17, 15) is 9.59 Å². The van der Waals surface area contributed by atoms with Crippen molar-refractivity contribution in [1.82, 2.24) is 10.2 Å². The smallest absolute Gasteiger partial charge is 0.260 e. The Bertz CT molecular complexity index is 1140. The zero-order chi connectivity index (χ0) is 23.9. The Morgan fingerprint density at radius 2 is 1.74 bits per heavy atom. The molecular formula is C27H28N2O5. The fourth-order valence-electron chi connectivity index (χ4n) is 3.65. The lowest BCUT2D eigenvalue weighted by molar-refractivity contribution is -0.134. The van der Waals surface area contributed by atoms with Crippen molar-refractivity contribution in [3.63, 3.8) is 0 Å². The van der Waals surface area contributed by atoms with Crippen molar-refractivity contribution in [2.45, 2.75) is 20.0 Å². The van der Waals surface area contributed by atoms with Gasteiger partial charge in [0.05, 0.1) is 13.7 Å². The van der Waals surface area contributed by atoms with Crippen molar-refractivity contribution < 1.29 is 23.8 Å². The van der Waals surface area contributed by atoms with Crippen molar-refractivity contribution in [2.24, 2.45) is 0 Å². The number of nitrogens with zero attached hydrogens (tertiary/aromatic N) is 1. The van der Waals surface area contributed by atoms with Crippen molar-refractivity contribution in [3.8, 4) is 17.2 Å². The van der Waals surface area contributed by atoms with Crippen LogP contribution in [0.4, 0.5) is 0 Å². The van der Waals surface area contributed by atoms with Crippen LogP contribution in [-0.4, -0.2) is 43.6 Å². The van der Waals surface area contributed by atoms with E-state index in [2.05, 4.69) is 5.32 Å². The number of hydrogen-bond acceptors (Lipinski definition) is 5. The van der Waals surface area contributed by atoms with Gasteiger partial charge in [0.2, 0.25) is 0 Å². The number of amides is 2. The Labute approximate surface area is 199 Å². The minimum absolute atomic E-state index is 0.0849. The molecule has 0 spiro atoms. The average molecular weight is 461 g/mol. The van der Waals surface area contributed by atoms with Gasteiger partial charge in [-0.3, -0.25) is 9.59 Å². The summed E-state index contributed by atoms with van der Waals surface area (Å²) in [5, 5.41) is 2.95. The van der Waals surface area contributed by atoms with E-state index < -0.39 is 0 Å². The Balaban J connectivity index is 1.37. The first-order chi connectivity index (χ1) is 16.5. The molecule has 0 unspecified atom stereocenters. The summed E-state index contributed by atoms with van der Waals surface area (Å²) in [6.07, 6.45) is 0. The molecule has 4 rings (SSSR count). The number of nitrogens with one attached hydrogen (secondary N) is 1. The van der Waals surface area contributed by atoms with E-state index in [-0.39, 0.29) is 18.4 Å². The molecule has 1 aliphatic rings. The van der Waals surface area contributed by atoms with E-state index in [1.165, 1.54) is 5.56 Å². The van der Waals surface area contributed by atoms with Gasteiger partial charge >= 0.3 is 0 Å². The summed E-state index contributed by atoms with van der Waals surface area (Å²) in [4.78, 5) is 27.2. The molecule has 2 amide bonds. The van der Waals surface area contributed by atoms with Crippen LogP contribution in [0.2, 0.25) is 0 Å². The van der Waals surface area contributed by atoms with Gasteiger partial charge in [-0.1, -0.05) is 29.8 Å². The Morgan fingerprint density at radius 3 is 2.47 bits per heavy atom. The van der Waals surface area contributed by atoms with E-state index in [0.717, 1.165) is 16.9 Å². The zero-order valence-electron chi connectivity index (χ0n) is 19.4. The van der Waals surface area contributed by atoms with Crippen LogP contribution in [-0.2, 0) is 17.9 Å². The van der Waals surface area contributed by atoms with Crippen LogP contribution in [0, 0.1) is 6.92 Å². The summed E-state index contributed by atoms with van der Waals surface area (Å²) >= 11 is 0. The molecule has 0 bridgehead atoms. The topological polar surface area (TPSA) is 77.1 Å². The van der Waals surface area contributed by atoms with Crippen LogP contribution in [0.3, 0.4) is 0 Å². The molecule has 3 aromatic carbocycles. The van der Waals surface area contributed by atoms with E-state index >= 15 is 0 Å². The lowest BCUT2D eigenvalue weighted by Crippen LogP contribution is -2.36. The highest BCUT2D eigenvalue weighted by Gasteiger charge is 2.21. The number of methoxy groups -OCH3 is 1. The molecule has 0 saturated heterocycles. The molecule has 0 aromatic heterocycles. The van der Waals surface area contributed by atoms with Crippen molar-refractivity contribution >= 4 is 11.8 Å². The largest absolute Gasteiger partial charge is 0.497 e. The molecule has 0 atom stereocenters. The van der Waals surface area contributed by atoms with Crippen molar-refractivity contribution in [3.05, 3.63) is 89.0 Å². The van der Waals surface area contributed by atoms with Gasteiger partial charge in [0, 0.05) is 24.2 Å². The Kier molecular flexibility index (Phi) is 7.32. The van der Waals surface area contributed by atoms with Gasteiger partial charge in [-0.05, 0) is 55.0 Å².